The average molecular weight is 419 g/mol. The maximum absolute atomic E-state index is 12.9. The van der Waals surface area contributed by atoms with Gasteiger partial charge in [-0.2, -0.15) is 0 Å². The predicted octanol–water partition coefficient (Wildman–Crippen LogP) is 4.11. The number of carbonyl (C=O) groups excluding carboxylic acids is 1. The van der Waals surface area contributed by atoms with Gasteiger partial charge in [-0.25, -0.2) is 4.39 Å². The summed E-state index contributed by atoms with van der Waals surface area (Å²) in [5, 5.41) is 12.2. The van der Waals surface area contributed by atoms with Gasteiger partial charge in [0.25, 0.3) is 0 Å². The van der Waals surface area contributed by atoms with Crippen molar-refractivity contribution in [1.29, 1.82) is 0 Å². The molecular weight excluding hydrogens is 399 g/mol. The van der Waals surface area contributed by atoms with E-state index in [2.05, 4.69) is 15.5 Å². The van der Waals surface area contributed by atoms with Crippen molar-refractivity contribution in [3.63, 3.8) is 0 Å². The fourth-order valence-corrected chi connectivity index (χ4v) is 3.69. The maximum atomic E-state index is 12.9. The van der Waals surface area contributed by atoms with E-state index in [1.165, 1.54) is 23.9 Å². The van der Waals surface area contributed by atoms with Crippen LogP contribution in [0.25, 0.3) is 11.4 Å². The Balaban J connectivity index is 1.57. The minimum Gasteiger partial charge on any atom is -0.355 e. The third-order valence-electron chi connectivity index (χ3n) is 4.23. The molecule has 3 rings (SSSR count). The number of hydrogen-bond donors (Lipinski definition) is 1. The lowest BCUT2D eigenvalue weighted by atomic mass is 10.1. The number of halogens is 2. The molecule has 1 heterocycles. The Morgan fingerprint density at radius 1 is 1.21 bits per heavy atom. The Morgan fingerprint density at radius 3 is 2.64 bits per heavy atom. The zero-order valence-electron chi connectivity index (χ0n) is 15.5. The molecule has 0 spiro atoms. The molecule has 1 N–H and O–H groups in total. The lowest BCUT2D eigenvalue weighted by Gasteiger charge is -2.12. The Labute approximate surface area is 172 Å². The van der Waals surface area contributed by atoms with Crippen LogP contribution < -0.4 is 5.32 Å². The quantitative estimate of drug-likeness (QED) is 0.586. The van der Waals surface area contributed by atoms with Crippen LogP contribution in [0.4, 0.5) is 4.39 Å². The zero-order valence-corrected chi connectivity index (χ0v) is 17.1. The van der Waals surface area contributed by atoms with Crippen LogP contribution in [0.1, 0.15) is 12.5 Å². The Bertz CT molecular complexity index is 961. The number of aromatic nitrogens is 3. The molecule has 8 heteroatoms. The number of amides is 1. The third-order valence-corrected chi connectivity index (χ3v) is 5.69. The molecular formula is C20H20ClFN4OS. The Morgan fingerprint density at radius 2 is 1.93 bits per heavy atom. The lowest BCUT2D eigenvalue weighted by Crippen LogP contribution is -2.32. The molecule has 0 fully saturated rings. The SMILES string of the molecule is C[C@H](Sc1nnc(-c2ccccc2Cl)n1C)C(=O)NCCc1ccc(F)cc1. The van der Waals surface area contributed by atoms with E-state index in [4.69, 9.17) is 11.6 Å². The van der Waals surface area contributed by atoms with Crippen LogP contribution in [0, 0.1) is 5.82 Å². The van der Waals surface area contributed by atoms with Gasteiger partial charge in [-0.05, 0) is 43.2 Å². The van der Waals surface area contributed by atoms with Crippen molar-refractivity contribution in [3.8, 4) is 11.4 Å². The second-order valence-corrected chi connectivity index (χ2v) is 7.99. The number of rotatable bonds is 7. The van der Waals surface area contributed by atoms with Crippen molar-refractivity contribution in [1.82, 2.24) is 20.1 Å². The van der Waals surface area contributed by atoms with Crippen LogP contribution in [0.5, 0.6) is 0 Å². The first-order chi connectivity index (χ1) is 13.5. The van der Waals surface area contributed by atoms with Crippen LogP contribution in [0.15, 0.2) is 53.7 Å². The van der Waals surface area contributed by atoms with E-state index < -0.39 is 0 Å². The summed E-state index contributed by atoms with van der Waals surface area (Å²) in [6.45, 7) is 2.31. The minimum atomic E-state index is -0.338. The lowest BCUT2D eigenvalue weighted by molar-refractivity contribution is -0.120. The van der Waals surface area contributed by atoms with Crippen molar-refractivity contribution in [2.75, 3.05) is 6.54 Å². The Hall–Kier alpha value is -2.38. The fourth-order valence-electron chi connectivity index (χ4n) is 2.63. The molecule has 0 unspecified atom stereocenters. The summed E-state index contributed by atoms with van der Waals surface area (Å²) in [5.74, 6) is 0.295. The molecule has 0 saturated carbocycles. The smallest absolute Gasteiger partial charge is 0.233 e. The van der Waals surface area contributed by atoms with Crippen LogP contribution >= 0.6 is 23.4 Å². The molecule has 2 aromatic carbocycles. The second-order valence-electron chi connectivity index (χ2n) is 6.27. The van der Waals surface area contributed by atoms with Crippen molar-refractivity contribution >= 4 is 29.3 Å². The van der Waals surface area contributed by atoms with Crippen molar-refractivity contribution in [2.45, 2.75) is 23.8 Å². The van der Waals surface area contributed by atoms with E-state index in [0.717, 1.165) is 11.1 Å². The summed E-state index contributed by atoms with van der Waals surface area (Å²) in [6.07, 6.45) is 0.643. The highest BCUT2D eigenvalue weighted by Gasteiger charge is 2.19. The first-order valence-electron chi connectivity index (χ1n) is 8.79. The number of nitrogens with zero attached hydrogens (tertiary/aromatic N) is 3. The van der Waals surface area contributed by atoms with Gasteiger partial charge in [0.1, 0.15) is 5.82 Å². The standard InChI is InChI=1S/C20H20ClFN4OS/c1-13(19(27)23-12-11-14-7-9-15(22)10-8-14)28-20-25-24-18(26(20)2)16-5-3-4-6-17(16)21/h3-10,13H,11-12H2,1-2H3,(H,23,27)/t13-/m0/s1. The van der Waals surface area contributed by atoms with Crippen molar-refractivity contribution < 1.29 is 9.18 Å². The molecule has 0 saturated heterocycles. The van der Waals surface area contributed by atoms with Crippen LogP contribution in [0.2, 0.25) is 5.02 Å². The summed E-state index contributed by atoms with van der Waals surface area (Å²) in [6, 6.07) is 13.7. The normalized spacial score (nSPS) is 12.0. The molecule has 5 nitrogen and oxygen atoms in total. The van der Waals surface area contributed by atoms with Gasteiger partial charge < -0.3 is 9.88 Å². The number of benzene rings is 2. The van der Waals surface area contributed by atoms with Gasteiger partial charge in [0.15, 0.2) is 11.0 Å². The molecule has 1 amide bonds. The molecule has 0 aliphatic rings. The van der Waals surface area contributed by atoms with Crippen LogP contribution in [-0.4, -0.2) is 32.5 Å². The van der Waals surface area contributed by atoms with Gasteiger partial charge >= 0.3 is 0 Å². The van der Waals surface area contributed by atoms with Gasteiger partial charge in [-0.3, -0.25) is 4.79 Å². The van der Waals surface area contributed by atoms with E-state index in [1.54, 1.807) is 18.2 Å². The van der Waals surface area contributed by atoms with Crippen molar-refractivity contribution in [3.05, 3.63) is 64.9 Å². The first-order valence-corrected chi connectivity index (χ1v) is 10.0. The summed E-state index contributed by atoms with van der Waals surface area (Å²) in [4.78, 5) is 12.4. The molecule has 146 valence electrons. The highest BCUT2D eigenvalue weighted by molar-refractivity contribution is 8.00. The number of thioether (sulfide) groups is 1. The van der Waals surface area contributed by atoms with Crippen LogP contribution in [-0.2, 0) is 18.3 Å². The molecule has 3 aromatic rings. The zero-order chi connectivity index (χ0) is 20.1. The molecule has 0 aliphatic heterocycles. The third kappa shape index (κ3) is 4.91. The fraction of sp³-hybridized carbons (Fsp3) is 0.250. The van der Waals surface area contributed by atoms with E-state index in [9.17, 15) is 9.18 Å². The number of hydrogen-bond acceptors (Lipinski definition) is 4. The van der Waals surface area contributed by atoms with Gasteiger partial charge in [0, 0.05) is 19.2 Å². The van der Waals surface area contributed by atoms with E-state index in [0.29, 0.717) is 29.0 Å². The molecule has 0 radical (unpaired) electrons. The summed E-state index contributed by atoms with van der Waals surface area (Å²) in [7, 11) is 1.85. The molecule has 1 aromatic heterocycles. The van der Waals surface area contributed by atoms with E-state index in [-0.39, 0.29) is 17.0 Å². The number of nitrogens with one attached hydrogen (secondary N) is 1. The van der Waals surface area contributed by atoms with E-state index >= 15 is 0 Å². The largest absolute Gasteiger partial charge is 0.355 e. The van der Waals surface area contributed by atoms with Gasteiger partial charge in [0.2, 0.25) is 5.91 Å². The monoisotopic (exact) mass is 418 g/mol. The highest BCUT2D eigenvalue weighted by Crippen LogP contribution is 2.29. The molecule has 0 aliphatic carbocycles. The van der Waals surface area contributed by atoms with Gasteiger partial charge in [-0.1, -0.05) is 47.6 Å². The topological polar surface area (TPSA) is 59.8 Å². The van der Waals surface area contributed by atoms with Gasteiger partial charge in [-0.15, -0.1) is 10.2 Å². The average Bonchev–Trinajstić information content (AvgIpc) is 3.04. The first kappa shape index (κ1) is 20.4. The minimum absolute atomic E-state index is 0.0885. The molecule has 1 atom stereocenters. The second kappa shape index (κ2) is 9.21. The van der Waals surface area contributed by atoms with Gasteiger partial charge in [0.05, 0.1) is 10.3 Å². The van der Waals surface area contributed by atoms with E-state index in [1.807, 2.05) is 36.7 Å². The Kier molecular flexibility index (Phi) is 6.70. The summed E-state index contributed by atoms with van der Waals surface area (Å²) >= 11 is 7.57. The van der Waals surface area contributed by atoms with Crippen LogP contribution in [0.3, 0.4) is 0 Å². The summed E-state index contributed by atoms with van der Waals surface area (Å²) in [5.41, 5.74) is 1.77. The summed E-state index contributed by atoms with van der Waals surface area (Å²) < 4.78 is 14.7. The number of carbonyl (C=O) groups is 1. The highest BCUT2D eigenvalue weighted by atomic mass is 35.5. The maximum Gasteiger partial charge on any atom is 0.233 e. The molecule has 0 bridgehead atoms. The molecule has 28 heavy (non-hydrogen) atoms. The van der Waals surface area contributed by atoms with Crippen molar-refractivity contribution in [2.24, 2.45) is 7.05 Å². The predicted molar refractivity (Wildman–Crippen MR) is 110 cm³/mol.